The number of esters is 1. The summed E-state index contributed by atoms with van der Waals surface area (Å²) in [6.45, 7) is -0.979. The zero-order chi connectivity index (χ0) is 15.7. The highest BCUT2D eigenvalue weighted by Crippen LogP contribution is 2.10. The van der Waals surface area contributed by atoms with Crippen LogP contribution in [0.2, 0.25) is 0 Å². The molecule has 112 valence electrons. The van der Waals surface area contributed by atoms with Crippen molar-refractivity contribution in [2.75, 3.05) is 20.3 Å². The number of benzene rings is 1. The fraction of sp³-hybridized carbons (Fsp3) is 0.231. The highest BCUT2D eigenvalue weighted by atomic mass is 16.6. The minimum atomic E-state index is -0.762. The van der Waals surface area contributed by atoms with Crippen LogP contribution in [0.5, 0.6) is 5.75 Å². The number of aldehydes is 1. The van der Waals surface area contributed by atoms with Crippen molar-refractivity contribution >= 4 is 24.2 Å². The molecule has 1 rings (SSSR count). The molecule has 2 N–H and O–H groups in total. The highest BCUT2D eigenvalue weighted by molar-refractivity contribution is 5.95. The Labute approximate surface area is 120 Å². The average molecular weight is 294 g/mol. The van der Waals surface area contributed by atoms with E-state index in [0.29, 0.717) is 17.6 Å². The Bertz CT molecular complexity index is 526. The van der Waals surface area contributed by atoms with Crippen molar-refractivity contribution in [1.82, 2.24) is 10.6 Å². The van der Waals surface area contributed by atoms with E-state index in [9.17, 15) is 19.2 Å². The van der Waals surface area contributed by atoms with Gasteiger partial charge in [0.25, 0.3) is 5.91 Å². The molecule has 8 heteroatoms. The van der Waals surface area contributed by atoms with E-state index < -0.39 is 31.1 Å². The number of carbonyl (C=O) groups excluding carboxylic acids is 4. The fourth-order valence-corrected chi connectivity index (χ4v) is 1.20. The van der Waals surface area contributed by atoms with Crippen molar-refractivity contribution in [3.63, 3.8) is 0 Å². The van der Waals surface area contributed by atoms with Gasteiger partial charge < -0.3 is 14.8 Å². The second-order valence-electron chi connectivity index (χ2n) is 3.76. The minimum absolute atomic E-state index is 0.382. The minimum Gasteiger partial charge on any atom is -0.482 e. The van der Waals surface area contributed by atoms with E-state index in [1.54, 1.807) is 0 Å². The third-order valence-electron chi connectivity index (χ3n) is 2.22. The number of hydrogen-bond acceptors (Lipinski definition) is 6. The highest BCUT2D eigenvalue weighted by Gasteiger charge is 2.10. The van der Waals surface area contributed by atoms with Crippen molar-refractivity contribution < 1.29 is 28.7 Å². The Morgan fingerprint density at radius 3 is 2.38 bits per heavy atom. The van der Waals surface area contributed by atoms with Crippen molar-refractivity contribution in [2.45, 2.75) is 0 Å². The molecule has 0 aromatic heterocycles. The van der Waals surface area contributed by atoms with Gasteiger partial charge in [0.05, 0.1) is 0 Å². The molecule has 1 aromatic rings. The van der Waals surface area contributed by atoms with E-state index in [2.05, 4.69) is 10.1 Å². The Balaban J connectivity index is 2.28. The van der Waals surface area contributed by atoms with Crippen LogP contribution >= 0.6 is 0 Å². The molecule has 8 nitrogen and oxygen atoms in total. The number of hydrogen-bond donors (Lipinski definition) is 2. The number of ether oxygens (including phenoxy) is 2. The summed E-state index contributed by atoms with van der Waals surface area (Å²) in [5.41, 5.74) is 0.482. The second-order valence-corrected chi connectivity index (χ2v) is 3.76. The largest absolute Gasteiger partial charge is 0.482 e. The van der Waals surface area contributed by atoms with Crippen LogP contribution in [0, 0.1) is 0 Å². The lowest BCUT2D eigenvalue weighted by Crippen LogP contribution is -2.40. The van der Waals surface area contributed by atoms with E-state index in [1.165, 1.54) is 31.3 Å². The Morgan fingerprint density at radius 2 is 1.81 bits per heavy atom. The van der Waals surface area contributed by atoms with Gasteiger partial charge in [-0.05, 0) is 24.3 Å². The zero-order valence-corrected chi connectivity index (χ0v) is 11.3. The third-order valence-corrected chi connectivity index (χ3v) is 2.22. The summed E-state index contributed by atoms with van der Waals surface area (Å²) in [6.07, 6.45) is 0.684. The molecule has 0 spiro atoms. The maximum atomic E-state index is 11.3. The molecule has 0 aliphatic rings. The molecular formula is C13H14N2O6. The Hall–Kier alpha value is -2.90. The first kappa shape index (κ1) is 16.2. The molecule has 0 heterocycles. The lowest BCUT2D eigenvalue weighted by atomic mass is 10.2. The molecule has 0 radical (unpaired) electrons. The van der Waals surface area contributed by atoms with Crippen LogP contribution in [0.15, 0.2) is 24.3 Å². The molecule has 3 amide bonds. The summed E-state index contributed by atoms with van der Waals surface area (Å²) in [5, 5.41) is 4.11. The molecule has 0 fully saturated rings. The maximum Gasteiger partial charge on any atom is 0.344 e. The maximum absolute atomic E-state index is 11.3. The molecule has 0 atom stereocenters. The van der Waals surface area contributed by atoms with Crippen LogP contribution < -0.4 is 15.4 Å². The predicted molar refractivity (Wildman–Crippen MR) is 70.9 cm³/mol. The van der Waals surface area contributed by atoms with Crippen molar-refractivity contribution in [3.05, 3.63) is 29.8 Å². The molecule has 0 unspecified atom stereocenters. The van der Waals surface area contributed by atoms with Gasteiger partial charge in [0.15, 0.2) is 13.2 Å². The smallest absolute Gasteiger partial charge is 0.344 e. The van der Waals surface area contributed by atoms with Crippen LogP contribution in [0.4, 0.5) is 4.79 Å². The molecule has 0 saturated heterocycles. The summed E-state index contributed by atoms with van der Waals surface area (Å²) < 4.78 is 9.70. The van der Waals surface area contributed by atoms with Gasteiger partial charge in [-0.3, -0.25) is 14.9 Å². The molecule has 0 bridgehead atoms. The van der Waals surface area contributed by atoms with Crippen molar-refractivity contribution in [3.8, 4) is 5.75 Å². The van der Waals surface area contributed by atoms with Crippen LogP contribution in [-0.2, 0) is 14.3 Å². The van der Waals surface area contributed by atoms with E-state index in [0.717, 1.165) is 0 Å². The normalized spacial score (nSPS) is 9.38. The van der Waals surface area contributed by atoms with Gasteiger partial charge in [-0.2, -0.15) is 0 Å². The summed E-state index contributed by atoms with van der Waals surface area (Å²) >= 11 is 0. The van der Waals surface area contributed by atoms with E-state index in [1.807, 2.05) is 5.32 Å². The quantitative estimate of drug-likeness (QED) is 0.559. The second kappa shape index (κ2) is 8.31. The Kier molecular flexibility index (Phi) is 6.39. The monoisotopic (exact) mass is 294 g/mol. The van der Waals surface area contributed by atoms with Gasteiger partial charge in [-0.25, -0.2) is 9.59 Å². The topological polar surface area (TPSA) is 111 Å². The molecule has 21 heavy (non-hydrogen) atoms. The van der Waals surface area contributed by atoms with Crippen molar-refractivity contribution in [1.29, 1.82) is 0 Å². The van der Waals surface area contributed by atoms with Gasteiger partial charge >= 0.3 is 12.0 Å². The van der Waals surface area contributed by atoms with Gasteiger partial charge in [-0.1, -0.05) is 0 Å². The first-order chi connectivity index (χ1) is 10.0. The van der Waals surface area contributed by atoms with Gasteiger partial charge in [0.2, 0.25) is 0 Å². The van der Waals surface area contributed by atoms with Gasteiger partial charge in [-0.15, -0.1) is 0 Å². The third kappa shape index (κ3) is 6.19. The first-order valence-corrected chi connectivity index (χ1v) is 5.90. The molecule has 1 aromatic carbocycles. The fourth-order valence-electron chi connectivity index (χ4n) is 1.20. The van der Waals surface area contributed by atoms with Crippen LogP contribution in [0.3, 0.4) is 0 Å². The summed E-state index contributed by atoms with van der Waals surface area (Å²) in [6, 6.07) is 5.42. The van der Waals surface area contributed by atoms with E-state index >= 15 is 0 Å². The lowest BCUT2D eigenvalue weighted by Gasteiger charge is -2.07. The summed E-state index contributed by atoms with van der Waals surface area (Å²) in [4.78, 5) is 43.7. The molecule has 0 aliphatic carbocycles. The lowest BCUT2D eigenvalue weighted by molar-refractivity contribution is -0.150. The number of imide groups is 1. The molecule has 0 saturated carbocycles. The number of urea groups is 1. The predicted octanol–water partition coefficient (Wildman–Crippen LogP) is -0.123. The van der Waals surface area contributed by atoms with E-state index in [4.69, 9.17) is 4.74 Å². The molecule has 0 aliphatic heterocycles. The van der Waals surface area contributed by atoms with Gasteiger partial charge in [0, 0.05) is 12.6 Å². The SMILES string of the molecule is CNC(=O)NC(=O)COC(=O)COc1ccc(C=O)cc1. The van der Waals surface area contributed by atoms with Crippen LogP contribution in [0.1, 0.15) is 10.4 Å². The van der Waals surface area contributed by atoms with Crippen molar-refractivity contribution in [2.24, 2.45) is 0 Å². The standard InChI is InChI=1S/C13H14N2O6/c1-14-13(19)15-11(17)7-21-12(18)8-20-10-4-2-9(6-16)3-5-10/h2-6H,7-8H2,1H3,(H2,14,15,17,19). The van der Waals surface area contributed by atoms with Gasteiger partial charge in [0.1, 0.15) is 12.0 Å². The Morgan fingerprint density at radius 1 is 1.14 bits per heavy atom. The molecular weight excluding hydrogens is 280 g/mol. The first-order valence-electron chi connectivity index (χ1n) is 5.90. The summed E-state index contributed by atoms with van der Waals surface area (Å²) in [5.74, 6) is -1.13. The van der Waals surface area contributed by atoms with E-state index in [-0.39, 0.29) is 0 Å². The summed E-state index contributed by atoms with van der Waals surface area (Å²) in [7, 11) is 1.35. The number of rotatable bonds is 6. The zero-order valence-electron chi connectivity index (χ0n) is 11.3. The number of amides is 3. The number of carbonyl (C=O) groups is 4. The average Bonchev–Trinajstić information content (AvgIpc) is 2.51. The van der Waals surface area contributed by atoms with Crippen LogP contribution in [0.25, 0.3) is 0 Å². The van der Waals surface area contributed by atoms with Crippen LogP contribution in [-0.4, -0.2) is 44.5 Å². The number of nitrogens with one attached hydrogen (secondary N) is 2.